The third-order valence-corrected chi connectivity index (χ3v) is 14.0. The summed E-state index contributed by atoms with van der Waals surface area (Å²) >= 11 is 0. The van der Waals surface area contributed by atoms with Crippen LogP contribution in [0.4, 0.5) is 0 Å². The molecule has 1 aliphatic carbocycles. The van der Waals surface area contributed by atoms with E-state index in [-0.39, 0.29) is 5.41 Å². The Labute approximate surface area is 379 Å². The highest BCUT2D eigenvalue weighted by atomic mass is 16.3. The van der Waals surface area contributed by atoms with Crippen molar-refractivity contribution in [3.8, 4) is 56.7 Å². The van der Waals surface area contributed by atoms with Gasteiger partial charge in [0.05, 0.1) is 22.1 Å². The second-order valence-electron chi connectivity index (χ2n) is 18.0. The zero-order chi connectivity index (χ0) is 43.7. The number of aromatic nitrogens is 5. The van der Waals surface area contributed by atoms with E-state index in [1.54, 1.807) is 0 Å². The molecular weight excluding hydrogens is 807 g/mol. The predicted octanol–water partition coefficient (Wildman–Crippen LogP) is 15.3. The first-order chi connectivity index (χ1) is 32.5. The second kappa shape index (κ2) is 13.7. The zero-order valence-corrected chi connectivity index (χ0v) is 36.2. The second-order valence-corrected chi connectivity index (χ2v) is 18.0. The van der Waals surface area contributed by atoms with Crippen molar-refractivity contribution in [1.82, 2.24) is 24.1 Å². The molecule has 4 heterocycles. The summed E-state index contributed by atoms with van der Waals surface area (Å²) in [6.07, 6.45) is 0. The molecule has 0 N–H and O–H groups in total. The van der Waals surface area contributed by atoms with Gasteiger partial charge in [0.1, 0.15) is 11.2 Å². The zero-order valence-electron chi connectivity index (χ0n) is 36.2. The fourth-order valence-electron chi connectivity index (χ4n) is 10.9. The van der Waals surface area contributed by atoms with E-state index in [4.69, 9.17) is 19.4 Å². The quantitative estimate of drug-likeness (QED) is 0.173. The first-order valence-electron chi connectivity index (χ1n) is 22.5. The lowest BCUT2D eigenvalue weighted by molar-refractivity contribution is 0.661. The average Bonchev–Trinajstić information content (AvgIpc) is 4.09. The predicted molar refractivity (Wildman–Crippen MR) is 270 cm³/mol. The lowest BCUT2D eigenvalue weighted by Gasteiger charge is -2.21. The van der Waals surface area contributed by atoms with E-state index in [1.807, 2.05) is 18.2 Å². The minimum absolute atomic E-state index is 0.116. The molecule has 310 valence electrons. The summed E-state index contributed by atoms with van der Waals surface area (Å²) in [7, 11) is 0. The molecule has 6 heteroatoms. The van der Waals surface area contributed by atoms with Crippen molar-refractivity contribution in [2.45, 2.75) is 19.3 Å². The van der Waals surface area contributed by atoms with Gasteiger partial charge < -0.3 is 8.98 Å². The Morgan fingerprint density at radius 3 is 1.82 bits per heavy atom. The molecule has 0 saturated heterocycles. The Balaban J connectivity index is 0.974. The number of furan rings is 1. The molecule has 0 unspecified atom stereocenters. The number of hydrogen-bond donors (Lipinski definition) is 0. The lowest BCUT2D eigenvalue weighted by Crippen LogP contribution is -2.14. The monoisotopic (exact) mass is 845 g/mol. The highest BCUT2D eigenvalue weighted by Gasteiger charge is 2.37. The standard InChI is InChI=1S/C60H39N5O/c1-60(2)48-20-10-6-19-46(48)55-49(60)32-31-45-41-16-7-11-21-50(41)64(56(45)55)40-28-24-37(25-29-40)57-61-58(39-26-30-44-43-18-9-13-23-53(43)66-54(44)35-39)63-59(62-57)65-51-22-12-8-17-42(51)47-34-38(27-33-52(47)65)36-14-4-3-5-15-36/h3-35H,1-2H3. The molecule has 0 bridgehead atoms. The van der Waals surface area contributed by atoms with Crippen LogP contribution in [0.5, 0.6) is 0 Å². The van der Waals surface area contributed by atoms with Crippen LogP contribution >= 0.6 is 0 Å². The smallest absolute Gasteiger partial charge is 0.238 e. The van der Waals surface area contributed by atoms with Crippen molar-refractivity contribution < 1.29 is 4.42 Å². The summed E-state index contributed by atoms with van der Waals surface area (Å²) in [5.41, 5.74) is 16.4. The minimum Gasteiger partial charge on any atom is -0.456 e. The summed E-state index contributed by atoms with van der Waals surface area (Å²) in [5, 5.41) is 6.88. The van der Waals surface area contributed by atoms with Crippen LogP contribution in [0.1, 0.15) is 25.0 Å². The fourth-order valence-corrected chi connectivity index (χ4v) is 10.9. The van der Waals surface area contributed by atoms with Gasteiger partial charge in [-0.3, -0.25) is 4.57 Å². The first kappa shape index (κ1) is 36.8. The molecule has 0 atom stereocenters. The fraction of sp³-hybridized carbons (Fsp3) is 0.0500. The number of hydrogen-bond acceptors (Lipinski definition) is 4. The summed E-state index contributed by atoms with van der Waals surface area (Å²) in [6.45, 7) is 4.69. The van der Waals surface area contributed by atoms with Gasteiger partial charge in [0.15, 0.2) is 11.6 Å². The van der Waals surface area contributed by atoms with Crippen molar-refractivity contribution in [1.29, 1.82) is 0 Å². The van der Waals surface area contributed by atoms with Gasteiger partial charge >= 0.3 is 0 Å². The van der Waals surface area contributed by atoms with Crippen LogP contribution in [-0.2, 0) is 5.41 Å². The molecule has 0 fully saturated rings. The SMILES string of the molecule is CC1(C)c2ccccc2-c2c1ccc1c3ccccc3n(-c3ccc(-c4nc(-c5ccc6c(c5)oc5ccccc56)nc(-n5c6ccccc6c6cc(-c7ccccc7)ccc65)n4)cc3)c21. The normalized spacial score (nSPS) is 13.1. The molecule has 0 radical (unpaired) electrons. The molecule has 6 nitrogen and oxygen atoms in total. The number of fused-ring (bicyclic) bond motifs is 13. The molecule has 1 aliphatic rings. The topological polar surface area (TPSA) is 61.7 Å². The van der Waals surface area contributed by atoms with Gasteiger partial charge in [0.25, 0.3) is 0 Å². The molecule has 0 amide bonds. The van der Waals surface area contributed by atoms with Gasteiger partial charge in [0.2, 0.25) is 5.95 Å². The Morgan fingerprint density at radius 2 is 1.00 bits per heavy atom. The molecule has 4 aromatic heterocycles. The summed E-state index contributed by atoms with van der Waals surface area (Å²) in [5.74, 6) is 1.69. The summed E-state index contributed by atoms with van der Waals surface area (Å²) in [4.78, 5) is 15.9. The maximum absolute atomic E-state index is 6.38. The molecule has 0 aliphatic heterocycles. The van der Waals surface area contributed by atoms with E-state index < -0.39 is 0 Å². The first-order valence-corrected chi connectivity index (χ1v) is 22.5. The van der Waals surface area contributed by atoms with Gasteiger partial charge in [-0.15, -0.1) is 0 Å². The van der Waals surface area contributed by atoms with Crippen molar-refractivity contribution in [2.75, 3.05) is 0 Å². The van der Waals surface area contributed by atoms with E-state index in [1.165, 1.54) is 49.6 Å². The summed E-state index contributed by atoms with van der Waals surface area (Å²) < 4.78 is 11.0. The maximum atomic E-state index is 6.38. The lowest BCUT2D eigenvalue weighted by atomic mass is 9.82. The molecule has 14 rings (SSSR count). The number of nitrogens with zero attached hydrogens (tertiary/aromatic N) is 5. The van der Waals surface area contributed by atoms with Crippen LogP contribution < -0.4 is 0 Å². The van der Waals surface area contributed by atoms with Gasteiger partial charge in [-0.2, -0.15) is 9.97 Å². The molecule has 0 spiro atoms. The van der Waals surface area contributed by atoms with E-state index in [0.29, 0.717) is 17.6 Å². The van der Waals surface area contributed by atoms with Crippen molar-refractivity contribution >= 4 is 65.6 Å². The largest absolute Gasteiger partial charge is 0.456 e. The van der Waals surface area contributed by atoms with Crippen LogP contribution in [0.2, 0.25) is 0 Å². The molecule has 66 heavy (non-hydrogen) atoms. The van der Waals surface area contributed by atoms with Crippen LogP contribution in [0.3, 0.4) is 0 Å². The van der Waals surface area contributed by atoms with Gasteiger partial charge in [-0.1, -0.05) is 147 Å². The van der Waals surface area contributed by atoms with E-state index in [0.717, 1.165) is 66.1 Å². The maximum Gasteiger partial charge on any atom is 0.238 e. The number of rotatable bonds is 5. The number of para-hydroxylation sites is 3. The Morgan fingerprint density at radius 1 is 0.394 bits per heavy atom. The third kappa shape index (κ3) is 5.27. The van der Waals surface area contributed by atoms with E-state index in [9.17, 15) is 0 Å². The van der Waals surface area contributed by atoms with E-state index in [2.05, 4.69) is 205 Å². The van der Waals surface area contributed by atoms with Gasteiger partial charge in [0, 0.05) is 60.1 Å². The molecule has 9 aromatic carbocycles. The van der Waals surface area contributed by atoms with Crippen molar-refractivity contribution in [3.63, 3.8) is 0 Å². The van der Waals surface area contributed by atoms with Crippen molar-refractivity contribution in [3.05, 3.63) is 211 Å². The van der Waals surface area contributed by atoms with Gasteiger partial charge in [-0.25, -0.2) is 4.98 Å². The summed E-state index contributed by atoms with van der Waals surface area (Å²) in [6, 6.07) is 71.2. The number of benzene rings is 9. The van der Waals surface area contributed by atoms with Crippen molar-refractivity contribution in [2.24, 2.45) is 0 Å². The van der Waals surface area contributed by atoms with Gasteiger partial charge in [-0.05, 0) is 94.5 Å². The van der Waals surface area contributed by atoms with E-state index >= 15 is 0 Å². The van der Waals surface area contributed by atoms with Crippen LogP contribution in [0.15, 0.2) is 205 Å². The average molecular weight is 846 g/mol. The minimum atomic E-state index is -0.116. The molecule has 0 saturated carbocycles. The Bertz CT molecular complexity index is 4130. The third-order valence-electron chi connectivity index (χ3n) is 14.0. The molecular formula is C60H39N5O. The van der Waals surface area contributed by atoms with Crippen LogP contribution in [0.25, 0.3) is 122 Å². The van der Waals surface area contributed by atoms with Crippen LogP contribution in [0, 0.1) is 0 Å². The Hall–Kier alpha value is -8.61. The highest BCUT2D eigenvalue weighted by Crippen LogP contribution is 2.53. The Kier molecular flexibility index (Phi) is 7.64. The highest BCUT2D eigenvalue weighted by molar-refractivity contribution is 6.16. The molecule has 13 aromatic rings. The van der Waals surface area contributed by atoms with Crippen LogP contribution in [-0.4, -0.2) is 24.1 Å².